The standard InChI is InChI=1S/C16H25NOS2/c1-6-17(7-2)15(19)20-14(16(3,4)5)12-8-10-13(18)11-9-12/h8-11,14,18H,6-7H2,1-5H3. The summed E-state index contributed by atoms with van der Waals surface area (Å²) in [6, 6.07) is 7.47. The molecule has 0 aliphatic rings. The van der Waals surface area contributed by atoms with Crippen molar-refractivity contribution in [3.8, 4) is 5.75 Å². The molecule has 1 aromatic carbocycles. The maximum atomic E-state index is 9.45. The van der Waals surface area contributed by atoms with E-state index in [2.05, 4.69) is 39.5 Å². The molecule has 0 aromatic heterocycles. The Labute approximate surface area is 132 Å². The van der Waals surface area contributed by atoms with Crippen molar-refractivity contribution in [1.29, 1.82) is 0 Å². The number of phenols is 1. The number of thiocarbonyl (C=S) groups is 1. The van der Waals surface area contributed by atoms with Crippen molar-refractivity contribution >= 4 is 28.3 Å². The van der Waals surface area contributed by atoms with E-state index in [1.54, 1.807) is 23.9 Å². The Morgan fingerprint density at radius 3 is 2.10 bits per heavy atom. The third-order valence-electron chi connectivity index (χ3n) is 3.22. The molecule has 0 aliphatic carbocycles. The normalized spacial score (nSPS) is 13.1. The number of hydrogen-bond donors (Lipinski definition) is 1. The summed E-state index contributed by atoms with van der Waals surface area (Å²) in [5, 5.41) is 9.72. The van der Waals surface area contributed by atoms with Gasteiger partial charge in [0.15, 0.2) is 0 Å². The number of nitrogens with zero attached hydrogens (tertiary/aromatic N) is 1. The summed E-state index contributed by atoms with van der Waals surface area (Å²) in [5.74, 6) is 0.303. The van der Waals surface area contributed by atoms with Crippen LogP contribution in [-0.4, -0.2) is 27.4 Å². The van der Waals surface area contributed by atoms with Gasteiger partial charge in [0.1, 0.15) is 10.1 Å². The lowest BCUT2D eigenvalue weighted by molar-refractivity contribution is 0.401. The highest BCUT2D eigenvalue weighted by Crippen LogP contribution is 2.45. The largest absolute Gasteiger partial charge is 0.508 e. The molecular formula is C16H25NOS2. The first kappa shape index (κ1) is 17.3. The molecule has 0 saturated carbocycles. The number of aromatic hydroxyl groups is 1. The van der Waals surface area contributed by atoms with Crippen molar-refractivity contribution in [1.82, 2.24) is 4.90 Å². The molecular weight excluding hydrogens is 286 g/mol. The number of phenolic OH excluding ortho intramolecular Hbond substituents is 1. The number of benzene rings is 1. The predicted octanol–water partition coefficient (Wildman–Crippen LogP) is 4.84. The molecule has 1 aromatic rings. The van der Waals surface area contributed by atoms with Gasteiger partial charge in [-0.05, 0) is 37.0 Å². The molecule has 0 bridgehead atoms. The Morgan fingerprint density at radius 1 is 1.20 bits per heavy atom. The monoisotopic (exact) mass is 311 g/mol. The molecule has 2 nitrogen and oxygen atoms in total. The van der Waals surface area contributed by atoms with Crippen molar-refractivity contribution in [2.45, 2.75) is 39.9 Å². The average Bonchev–Trinajstić information content (AvgIpc) is 2.37. The fraction of sp³-hybridized carbons (Fsp3) is 0.562. The lowest BCUT2D eigenvalue weighted by Crippen LogP contribution is -2.29. The molecule has 0 heterocycles. The van der Waals surface area contributed by atoms with Gasteiger partial charge in [0.2, 0.25) is 0 Å². The summed E-state index contributed by atoms with van der Waals surface area (Å²) < 4.78 is 0.947. The molecule has 0 radical (unpaired) electrons. The zero-order valence-corrected chi connectivity index (χ0v) is 14.6. The lowest BCUT2D eigenvalue weighted by atomic mass is 9.87. The lowest BCUT2D eigenvalue weighted by Gasteiger charge is -2.33. The Kier molecular flexibility index (Phi) is 6.34. The van der Waals surface area contributed by atoms with Gasteiger partial charge in [-0.2, -0.15) is 0 Å². The van der Waals surface area contributed by atoms with Gasteiger partial charge >= 0.3 is 0 Å². The highest BCUT2D eigenvalue weighted by molar-refractivity contribution is 8.23. The summed E-state index contributed by atoms with van der Waals surface area (Å²) in [7, 11) is 0. The van der Waals surface area contributed by atoms with Crippen molar-refractivity contribution in [2.24, 2.45) is 5.41 Å². The van der Waals surface area contributed by atoms with Gasteiger partial charge in [-0.3, -0.25) is 0 Å². The number of thioether (sulfide) groups is 1. The first-order valence-electron chi connectivity index (χ1n) is 7.04. The first-order valence-corrected chi connectivity index (χ1v) is 8.32. The Hall–Kier alpha value is -0.740. The van der Waals surface area contributed by atoms with E-state index in [0.29, 0.717) is 5.75 Å². The van der Waals surface area contributed by atoms with Crippen LogP contribution < -0.4 is 0 Å². The fourth-order valence-electron chi connectivity index (χ4n) is 2.05. The Bertz CT molecular complexity index is 433. The highest BCUT2D eigenvalue weighted by Gasteiger charge is 2.29. The van der Waals surface area contributed by atoms with E-state index in [0.717, 1.165) is 17.4 Å². The smallest absolute Gasteiger partial charge is 0.136 e. The maximum absolute atomic E-state index is 9.45. The molecule has 0 amide bonds. The van der Waals surface area contributed by atoms with Crippen LogP contribution >= 0.6 is 24.0 Å². The summed E-state index contributed by atoms with van der Waals surface area (Å²) in [6.07, 6.45) is 0. The second-order valence-corrected chi connectivity index (χ2v) is 7.63. The third kappa shape index (κ3) is 4.67. The van der Waals surface area contributed by atoms with Crippen molar-refractivity contribution in [3.05, 3.63) is 29.8 Å². The van der Waals surface area contributed by atoms with E-state index < -0.39 is 0 Å². The van der Waals surface area contributed by atoms with Gasteiger partial charge in [0, 0.05) is 18.3 Å². The average molecular weight is 312 g/mol. The zero-order valence-electron chi connectivity index (χ0n) is 13.0. The molecule has 0 saturated heterocycles. The molecule has 4 heteroatoms. The van der Waals surface area contributed by atoms with Crippen LogP contribution in [0.25, 0.3) is 0 Å². The van der Waals surface area contributed by atoms with Gasteiger partial charge in [-0.1, -0.05) is 56.9 Å². The van der Waals surface area contributed by atoms with E-state index in [1.165, 1.54) is 5.56 Å². The first-order chi connectivity index (χ1) is 9.29. The second-order valence-electron chi connectivity index (χ2n) is 5.89. The minimum Gasteiger partial charge on any atom is -0.508 e. The van der Waals surface area contributed by atoms with Gasteiger partial charge in [0.05, 0.1) is 0 Å². The van der Waals surface area contributed by atoms with Gasteiger partial charge in [-0.15, -0.1) is 0 Å². The number of hydrogen-bond acceptors (Lipinski definition) is 3. The molecule has 1 unspecified atom stereocenters. The number of rotatable bonds is 4. The predicted molar refractivity (Wildman–Crippen MR) is 93.4 cm³/mol. The van der Waals surface area contributed by atoms with Crippen LogP contribution in [0.15, 0.2) is 24.3 Å². The van der Waals surface area contributed by atoms with Crippen LogP contribution in [0, 0.1) is 5.41 Å². The van der Waals surface area contributed by atoms with Crippen LogP contribution in [-0.2, 0) is 0 Å². The van der Waals surface area contributed by atoms with Crippen LogP contribution in [0.2, 0.25) is 0 Å². The van der Waals surface area contributed by atoms with Gasteiger partial charge in [0.25, 0.3) is 0 Å². The van der Waals surface area contributed by atoms with E-state index in [9.17, 15) is 5.11 Å². The zero-order chi connectivity index (χ0) is 15.3. The van der Waals surface area contributed by atoms with Crippen LogP contribution in [0.4, 0.5) is 0 Å². The maximum Gasteiger partial charge on any atom is 0.136 e. The van der Waals surface area contributed by atoms with E-state index in [-0.39, 0.29) is 10.7 Å². The highest BCUT2D eigenvalue weighted by atomic mass is 32.2. The van der Waals surface area contributed by atoms with E-state index >= 15 is 0 Å². The van der Waals surface area contributed by atoms with Crippen molar-refractivity contribution in [3.63, 3.8) is 0 Å². The van der Waals surface area contributed by atoms with Gasteiger partial charge in [-0.25, -0.2) is 0 Å². The van der Waals surface area contributed by atoms with Crippen molar-refractivity contribution < 1.29 is 5.11 Å². The Balaban J connectivity index is 2.97. The molecule has 0 aliphatic heterocycles. The van der Waals surface area contributed by atoms with Gasteiger partial charge < -0.3 is 10.0 Å². The van der Waals surface area contributed by atoms with E-state index in [1.807, 2.05) is 12.1 Å². The van der Waals surface area contributed by atoms with Crippen LogP contribution in [0.1, 0.15) is 45.4 Å². The van der Waals surface area contributed by atoms with Crippen LogP contribution in [0.5, 0.6) is 5.75 Å². The Morgan fingerprint density at radius 2 is 1.70 bits per heavy atom. The third-order valence-corrected chi connectivity index (χ3v) is 5.44. The SMILES string of the molecule is CCN(CC)C(=S)SC(c1ccc(O)cc1)C(C)(C)C. The molecule has 1 N–H and O–H groups in total. The quantitative estimate of drug-likeness (QED) is 0.804. The van der Waals surface area contributed by atoms with Crippen LogP contribution in [0.3, 0.4) is 0 Å². The van der Waals surface area contributed by atoms with Crippen molar-refractivity contribution in [2.75, 3.05) is 13.1 Å². The summed E-state index contributed by atoms with van der Waals surface area (Å²) in [6.45, 7) is 12.8. The fourth-order valence-corrected chi connectivity index (χ4v) is 3.85. The molecule has 112 valence electrons. The summed E-state index contributed by atoms with van der Waals surface area (Å²) in [4.78, 5) is 2.21. The molecule has 0 spiro atoms. The summed E-state index contributed by atoms with van der Waals surface area (Å²) >= 11 is 7.33. The minimum absolute atomic E-state index is 0.0961. The molecule has 20 heavy (non-hydrogen) atoms. The summed E-state index contributed by atoms with van der Waals surface area (Å²) in [5.41, 5.74) is 1.30. The minimum atomic E-state index is 0.0961. The molecule has 1 atom stereocenters. The molecule has 1 rings (SSSR count). The second kappa shape index (κ2) is 7.32. The van der Waals surface area contributed by atoms with E-state index in [4.69, 9.17) is 12.2 Å². The topological polar surface area (TPSA) is 23.5 Å². The molecule has 0 fully saturated rings.